The molecular formula is C17H20ClNO3. The van der Waals surface area contributed by atoms with Crippen molar-refractivity contribution in [2.75, 3.05) is 6.54 Å². The Bertz CT molecular complexity index is 552. The predicted octanol–water partition coefficient (Wildman–Crippen LogP) is 3.17. The van der Waals surface area contributed by atoms with Crippen molar-refractivity contribution in [2.45, 2.75) is 44.8 Å². The van der Waals surface area contributed by atoms with E-state index in [1.165, 1.54) is 12.8 Å². The van der Waals surface area contributed by atoms with Crippen molar-refractivity contribution in [1.82, 2.24) is 4.90 Å². The Kier molecular flexibility index (Phi) is 4.67. The molecular weight excluding hydrogens is 302 g/mol. The number of rotatable bonds is 4. The highest BCUT2D eigenvalue weighted by molar-refractivity contribution is 6.30. The summed E-state index contributed by atoms with van der Waals surface area (Å²) in [5.74, 6) is -0.496. The second-order valence-corrected chi connectivity index (χ2v) is 6.56. The largest absolute Gasteiger partial charge is 0.461 e. The molecule has 1 aliphatic carbocycles. The lowest BCUT2D eigenvalue weighted by Crippen LogP contribution is -2.35. The number of nitrogens with zero attached hydrogens (tertiary/aromatic N) is 1. The Morgan fingerprint density at radius 1 is 1.23 bits per heavy atom. The summed E-state index contributed by atoms with van der Waals surface area (Å²) in [5, 5.41) is 0.656. The monoisotopic (exact) mass is 321 g/mol. The van der Waals surface area contributed by atoms with Gasteiger partial charge in [0.15, 0.2) is 0 Å². The molecule has 1 aromatic rings. The van der Waals surface area contributed by atoms with Gasteiger partial charge in [0.2, 0.25) is 5.91 Å². The van der Waals surface area contributed by atoms with Crippen LogP contribution in [0.15, 0.2) is 24.3 Å². The third kappa shape index (κ3) is 3.43. The smallest absolute Gasteiger partial charge is 0.311 e. The molecule has 3 rings (SSSR count). The molecule has 4 nitrogen and oxygen atoms in total. The number of likely N-dealkylation sites (tertiary alicyclic amines) is 1. The molecule has 1 unspecified atom stereocenters. The van der Waals surface area contributed by atoms with Crippen LogP contribution in [0.3, 0.4) is 0 Å². The van der Waals surface area contributed by atoms with E-state index in [1.54, 1.807) is 12.1 Å². The average molecular weight is 322 g/mol. The zero-order chi connectivity index (χ0) is 15.5. The molecule has 5 heteroatoms. The Morgan fingerprint density at radius 3 is 2.59 bits per heavy atom. The van der Waals surface area contributed by atoms with E-state index < -0.39 is 0 Å². The normalized spacial score (nSPS) is 22.3. The van der Waals surface area contributed by atoms with Crippen LogP contribution in [0.5, 0.6) is 0 Å². The lowest BCUT2D eigenvalue weighted by molar-refractivity contribution is -0.149. The second kappa shape index (κ2) is 6.69. The van der Waals surface area contributed by atoms with Crippen LogP contribution in [0.25, 0.3) is 0 Å². The van der Waals surface area contributed by atoms with Gasteiger partial charge < -0.3 is 9.64 Å². The Hall–Kier alpha value is -1.55. The molecule has 1 amide bonds. The van der Waals surface area contributed by atoms with Crippen LogP contribution in [-0.2, 0) is 20.9 Å². The number of halogens is 1. The van der Waals surface area contributed by atoms with Gasteiger partial charge in [-0.1, -0.05) is 36.6 Å². The van der Waals surface area contributed by atoms with Gasteiger partial charge in [-0.15, -0.1) is 0 Å². The van der Waals surface area contributed by atoms with E-state index in [-0.39, 0.29) is 30.8 Å². The van der Waals surface area contributed by atoms with Crippen LogP contribution in [-0.4, -0.2) is 29.4 Å². The third-order valence-corrected chi connectivity index (χ3v) is 4.80. The van der Waals surface area contributed by atoms with Crippen LogP contribution in [0, 0.1) is 5.92 Å². The second-order valence-electron chi connectivity index (χ2n) is 6.12. The van der Waals surface area contributed by atoms with Crippen LogP contribution < -0.4 is 0 Å². The zero-order valence-corrected chi connectivity index (χ0v) is 13.2. The van der Waals surface area contributed by atoms with Gasteiger partial charge in [-0.2, -0.15) is 0 Å². The van der Waals surface area contributed by atoms with E-state index in [0.29, 0.717) is 17.6 Å². The standard InChI is InChI=1S/C17H20ClNO3/c18-14-7-5-12(6-8-14)11-22-17(21)13-9-16(20)19(10-13)15-3-1-2-4-15/h5-8,13,15H,1-4,9-11H2. The van der Waals surface area contributed by atoms with E-state index in [2.05, 4.69) is 0 Å². The molecule has 0 bridgehead atoms. The number of esters is 1. The minimum absolute atomic E-state index is 0.0975. The average Bonchev–Trinajstić information content (AvgIpc) is 3.15. The molecule has 0 aromatic heterocycles. The molecule has 0 radical (unpaired) electrons. The lowest BCUT2D eigenvalue weighted by atomic mass is 10.1. The van der Waals surface area contributed by atoms with E-state index in [4.69, 9.17) is 16.3 Å². The van der Waals surface area contributed by atoms with Crippen molar-refractivity contribution in [3.63, 3.8) is 0 Å². The molecule has 2 fully saturated rings. The fourth-order valence-corrected chi connectivity index (χ4v) is 3.44. The highest BCUT2D eigenvalue weighted by Crippen LogP contribution is 2.30. The fourth-order valence-electron chi connectivity index (χ4n) is 3.31. The Labute approximate surface area is 135 Å². The molecule has 1 aromatic carbocycles. The summed E-state index contributed by atoms with van der Waals surface area (Å²) in [6.45, 7) is 0.743. The highest BCUT2D eigenvalue weighted by Gasteiger charge is 2.39. The van der Waals surface area contributed by atoms with Crippen molar-refractivity contribution in [3.05, 3.63) is 34.9 Å². The molecule has 1 saturated carbocycles. The van der Waals surface area contributed by atoms with E-state index in [1.807, 2.05) is 17.0 Å². The van der Waals surface area contributed by atoms with Crippen LogP contribution in [0.2, 0.25) is 5.02 Å². The van der Waals surface area contributed by atoms with Gasteiger partial charge >= 0.3 is 5.97 Å². The summed E-state index contributed by atoms with van der Waals surface area (Å²) in [6.07, 6.45) is 4.78. The number of benzene rings is 1. The van der Waals surface area contributed by atoms with Crippen LogP contribution in [0.4, 0.5) is 0 Å². The summed E-state index contributed by atoms with van der Waals surface area (Å²) in [5.41, 5.74) is 0.898. The summed E-state index contributed by atoms with van der Waals surface area (Å²) >= 11 is 5.82. The van der Waals surface area contributed by atoms with Gasteiger partial charge in [0.05, 0.1) is 5.92 Å². The molecule has 118 valence electrons. The first-order valence-electron chi connectivity index (χ1n) is 7.84. The zero-order valence-electron chi connectivity index (χ0n) is 12.5. The molecule has 1 aliphatic heterocycles. The Balaban J connectivity index is 1.52. The molecule has 1 heterocycles. The molecule has 22 heavy (non-hydrogen) atoms. The van der Waals surface area contributed by atoms with Crippen molar-refractivity contribution >= 4 is 23.5 Å². The number of hydrogen-bond acceptors (Lipinski definition) is 3. The predicted molar refractivity (Wildman–Crippen MR) is 83.3 cm³/mol. The molecule has 1 atom stereocenters. The van der Waals surface area contributed by atoms with Crippen molar-refractivity contribution < 1.29 is 14.3 Å². The number of amides is 1. The maximum Gasteiger partial charge on any atom is 0.311 e. The van der Waals surface area contributed by atoms with Crippen molar-refractivity contribution in [2.24, 2.45) is 5.92 Å². The number of ether oxygens (including phenoxy) is 1. The minimum Gasteiger partial charge on any atom is -0.461 e. The quantitative estimate of drug-likeness (QED) is 0.800. The maximum atomic E-state index is 12.2. The van der Waals surface area contributed by atoms with Crippen molar-refractivity contribution in [3.8, 4) is 0 Å². The van der Waals surface area contributed by atoms with Gasteiger partial charge in [0.1, 0.15) is 6.61 Å². The fraction of sp³-hybridized carbons (Fsp3) is 0.529. The van der Waals surface area contributed by atoms with Gasteiger partial charge in [-0.3, -0.25) is 9.59 Å². The van der Waals surface area contributed by atoms with Gasteiger partial charge in [-0.25, -0.2) is 0 Å². The molecule has 2 aliphatic rings. The summed E-state index contributed by atoms with van der Waals surface area (Å²) < 4.78 is 5.35. The van der Waals surface area contributed by atoms with E-state index in [9.17, 15) is 9.59 Å². The Morgan fingerprint density at radius 2 is 1.91 bits per heavy atom. The molecule has 0 spiro atoms. The van der Waals surface area contributed by atoms with Gasteiger partial charge in [0.25, 0.3) is 0 Å². The number of carbonyl (C=O) groups is 2. The topological polar surface area (TPSA) is 46.6 Å². The van der Waals surface area contributed by atoms with Crippen LogP contribution >= 0.6 is 11.6 Å². The number of carbonyl (C=O) groups excluding carboxylic acids is 2. The first-order valence-corrected chi connectivity index (χ1v) is 8.22. The third-order valence-electron chi connectivity index (χ3n) is 4.55. The number of hydrogen-bond donors (Lipinski definition) is 0. The molecule has 1 saturated heterocycles. The summed E-state index contributed by atoms with van der Waals surface area (Å²) in [6, 6.07) is 7.54. The SMILES string of the molecule is O=C(OCc1ccc(Cl)cc1)C1CC(=O)N(C2CCCC2)C1. The highest BCUT2D eigenvalue weighted by atomic mass is 35.5. The van der Waals surface area contributed by atoms with E-state index in [0.717, 1.165) is 18.4 Å². The summed E-state index contributed by atoms with van der Waals surface area (Å²) in [7, 11) is 0. The van der Waals surface area contributed by atoms with E-state index >= 15 is 0 Å². The lowest BCUT2D eigenvalue weighted by Gasteiger charge is -2.23. The summed E-state index contributed by atoms with van der Waals surface area (Å²) in [4.78, 5) is 26.1. The first-order chi connectivity index (χ1) is 10.6. The van der Waals surface area contributed by atoms with Crippen LogP contribution in [0.1, 0.15) is 37.7 Å². The maximum absolute atomic E-state index is 12.2. The van der Waals surface area contributed by atoms with Crippen molar-refractivity contribution in [1.29, 1.82) is 0 Å². The van der Waals surface area contributed by atoms with Gasteiger partial charge in [-0.05, 0) is 30.5 Å². The minimum atomic E-state index is -0.319. The first kappa shape index (κ1) is 15.3. The van der Waals surface area contributed by atoms with Gasteiger partial charge in [0, 0.05) is 24.0 Å². The molecule has 0 N–H and O–H groups in total.